The molecule has 1 aliphatic rings. The Kier molecular flexibility index (Phi) is 4.98. The van der Waals surface area contributed by atoms with Gasteiger partial charge in [-0.3, -0.25) is 4.79 Å². The molecule has 0 fully saturated rings. The van der Waals surface area contributed by atoms with E-state index >= 15 is 0 Å². The first kappa shape index (κ1) is 17.8. The molecule has 3 aromatic rings. The van der Waals surface area contributed by atoms with Gasteiger partial charge in [-0.05, 0) is 35.9 Å². The van der Waals surface area contributed by atoms with Crippen molar-refractivity contribution in [2.45, 2.75) is 0 Å². The maximum atomic E-state index is 12.3. The van der Waals surface area contributed by atoms with Crippen LogP contribution in [0.15, 0.2) is 42.5 Å². The van der Waals surface area contributed by atoms with Crippen molar-refractivity contribution >= 4 is 57.2 Å². The third-order valence-corrected chi connectivity index (χ3v) is 5.23. The standard InChI is InChI=1S/C18H11Cl2N3O3S/c19-12-6-10(8-14-15(12)26-9-25-14)7-13(20)17-22-23-18(27-17)16(24)21-11-4-2-1-3-5-11/h1-8H,9H2,(H,21,24)/b13-7-. The molecule has 1 aromatic heterocycles. The third kappa shape index (κ3) is 3.90. The number of carbonyl (C=O) groups is 1. The highest BCUT2D eigenvalue weighted by molar-refractivity contribution is 7.15. The minimum absolute atomic E-state index is 0.131. The third-order valence-electron chi connectivity index (χ3n) is 3.60. The lowest BCUT2D eigenvalue weighted by Crippen LogP contribution is -2.11. The number of hydrogen-bond donors (Lipinski definition) is 1. The van der Waals surface area contributed by atoms with Crippen molar-refractivity contribution in [1.82, 2.24) is 10.2 Å². The van der Waals surface area contributed by atoms with Gasteiger partial charge >= 0.3 is 0 Å². The van der Waals surface area contributed by atoms with E-state index in [2.05, 4.69) is 15.5 Å². The molecule has 0 aliphatic carbocycles. The summed E-state index contributed by atoms with van der Waals surface area (Å²) in [6.45, 7) is 0.131. The van der Waals surface area contributed by atoms with Gasteiger partial charge in [-0.15, -0.1) is 10.2 Å². The largest absolute Gasteiger partial charge is 0.454 e. The second-order valence-electron chi connectivity index (χ2n) is 5.46. The molecule has 0 saturated heterocycles. The lowest BCUT2D eigenvalue weighted by molar-refractivity contribution is 0.102. The zero-order valence-corrected chi connectivity index (χ0v) is 15.9. The number of aromatic nitrogens is 2. The van der Waals surface area contributed by atoms with Crippen LogP contribution >= 0.6 is 34.5 Å². The number of hydrogen-bond acceptors (Lipinski definition) is 6. The number of benzene rings is 2. The number of amides is 1. The highest BCUT2D eigenvalue weighted by atomic mass is 35.5. The van der Waals surface area contributed by atoms with E-state index in [4.69, 9.17) is 32.7 Å². The van der Waals surface area contributed by atoms with Gasteiger partial charge in [0.15, 0.2) is 16.5 Å². The van der Waals surface area contributed by atoms with E-state index < -0.39 is 0 Å². The molecule has 0 radical (unpaired) electrons. The molecule has 1 N–H and O–H groups in total. The average Bonchev–Trinajstić information content (AvgIpc) is 3.32. The molecule has 0 saturated carbocycles. The quantitative estimate of drug-likeness (QED) is 0.650. The maximum absolute atomic E-state index is 12.3. The number of anilines is 1. The van der Waals surface area contributed by atoms with Crippen molar-refractivity contribution in [1.29, 1.82) is 0 Å². The fourth-order valence-electron chi connectivity index (χ4n) is 2.40. The smallest absolute Gasteiger partial charge is 0.286 e. The van der Waals surface area contributed by atoms with Crippen molar-refractivity contribution in [3.8, 4) is 11.5 Å². The first-order valence-corrected chi connectivity index (χ1v) is 9.34. The summed E-state index contributed by atoms with van der Waals surface area (Å²) in [6, 6.07) is 12.6. The van der Waals surface area contributed by atoms with Gasteiger partial charge in [-0.2, -0.15) is 0 Å². The van der Waals surface area contributed by atoms with Crippen LogP contribution in [0, 0.1) is 0 Å². The van der Waals surface area contributed by atoms with Crippen LogP contribution in [0.1, 0.15) is 20.4 Å². The summed E-state index contributed by atoms with van der Waals surface area (Å²) in [5, 5.41) is 12.1. The summed E-state index contributed by atoms with van der Waals surface area (Å²) in [6.07, 6.45) is 1.68. The molecule has 1 aliphatic heterocycles. The van der Waals surface area contributed by atoms with Crippen LogP contribution in [0.25, 0.3) is 11.1 Å². The van der Waals surface area contributed by atoms with Crippen molar-refractivity contribution in [2.75, 3.05) is 12.1 Å². The van der Waals surface area contributed by atoms with Gasteiger partial charge in [-0.1, -0.05) is 52.7 Å². The molecule has 6 nitrogen and oxygen atoms in total. The molecule has 0 bridgehead atoms. The maximum Gasteiger partial charge on any atom is 0.286 e. The highest BCUT2D eigenvalue weighted by Crippen LogP contribution is 2.40. The van der Waals surface area contributed by atoms with Crippen LogP contribution in [0.4, 0.5) is 5.69 Å². The molecule has 0 spiro atoms. The summed E-state index contributed by atoms with van der Waals surface area (Å²) in [7, 11) is 0. The van der Waals surface area contributed by atoms with Crippen molar-refractivity contribution < 1.29 is 14.3 Å². The number of nitrogens with zero attached hydrogens (tertiary/aromatic N) is 2. The van der Waals surface area contributed by atoms with E-state index in [9.17, 15) is 4.79 Å². The number of ether oxygens (including phenoxy) is 2. The lowest BCUT2D eigenvalue weighted by atomic mass is 10.2. The fourth-order valence-corrected chi connectivity index (χ4v) is 3.60. The molecule has 1 amide bonds. The number of halogens is 2. The van der Waals surface area contributed by atoms with Crippen molar-refractivity contribution in [3.05, 3.63) is 63.1 Å². The predicted octanol–water partition coefficient (Wildman–Crippen LogP) is 4.91. The fraction of sp³-hybridized carbons (Fsp3) is 0.0556. The molecule has 9 heteroatoms. The van der Waals surface area contributed by atoms with Crippen LogP contribution in [-0.4, -0.2) is 22.9 Å². The summed E-state index contributed by atoms with van der Waals surface area (Å²) in [5.74, 6) is 0.722. The molecule has 2 aromatic carbocycles. The Balaban J connectivity index is 1.53. The molecule has 0 unspecified atom stereocenters. The Morgan fingerprint density at radius 2 is 1.93 bits per heavy atom. The highest BCUT2D eigenvalue weighted by Gasteiger charge is 2.19. The van der Waals surface area contributed by atoms with Gasteiger partial charge in [0.1, 0.15) is 0 Å². The number of para-hydroxylation sites is 1. The van der Waals surface area contributed by atoms with Gasteiger partial charge in [-0.25, -0.2) is 0 Å². The summed E-state index contributed by atoms with van der Waals surface area (Å²) >= 11 is 13.6. The molecular formula is C18H11Cl2N3O3S. The van der Waals surface area contributed by atoms with Gasteiger partial charge < -0.3 is 14.8 Å². The lowest BCUT2D eigenvalue weighted by Gasteiger charge is -2.02. The predicted molar refractivity (Wildman–Crippen MR) is 106 cm³/mol. The normalized spacial score (nSPS) is 12.9. The number of carbonyl (C=O) groups excluding carboxylic acids is 1. The Morgan fingerprint density at radius 1 is 1.15 bits per heavy atom. The van der Waals surface area contributed by atoms with E-state index in [-0.39, 0.29) is 17.7 Å². The van der Waals surface area contributed by atoms with E-state index in [1.54, 1.807) is 30.3 Å². The van der Waals surface area contributed by atoms with Crippen LogP contribution in [0.2, 0.25) is 5.02 Å². The van der Waals surface area contributed by atoms with Crippen molar-refractivity contribution in [2.24, 2.45) is 0 Å². The van der Waals surface area contributed by atoms with Crippen molar-refractivity contribution in [3.63, 3.8) is 0 Å². The molecule has 27 heavy (non-hydrogen) atoms. The van der Waals surface area contributed by atoms with E-state index in [0.29, 0.717) is 32.2 Å². The van der Waals surface area contributed by atoms with Gasteiger partial charge in [0, 0.05) is 5.69 Å². The van der Waals surface area contributed by atoms with Crippen LogP contribution in [-0.2, 0) is 0 Å². The Hall–Kier alpha value is -2.61. The molecule has 136 valence electrons. The molecule has 0 atom stereocenters. The molecule has 2 heterocycles. The summed E-state index contributed by atoms with van der Waals surface area (Å²) in [5.41, 5.74) is 1.40. The molecular weight excluding hydrogens is 409 g/mol. The number of nitrogens with one attached hydrogen (secondary N) is 1. The number of fused-ring (bicyclic) bond motifs is 1. The van der Waals surface area contributed by atoms with E-state index in [1.807, 2.05) is 18.2 Å². The zero-order valence-electron chi connectivity index (χ0n) is 13.6. The van der Waals surface area contributed by atoms with E-state index in [1.165, 1.54) is 0 Å². The zero-order chi connectivity index (χ0) is 18.8. The molecule has 4 rings (SSSR count). The van der Waals surface area contributed by atoms with Crippen LogP contribution in [0.3, 0.4) is 0 Å². The van der Waals surface area contributed by atoms with Gasteiger partial charge in [0.2, 0.25) is 11.8 Å². The first-order valence-electron chi connectivity index (χ1n) is 7.77. The summed E-state index contributed by atoms with van der Waals surface area (Å²) < 4.78 is 10.6. The van der Waals surface area contributed by atoms with E-state index in [0.717, 1.165) is 16.9 Å². The Morgan fingerprint density at radius 3 is 2.74 bits per heavy atom. The average molecular weight is 420 g/mol. The topological polar surface area (TPSA) is 73.3 Å². The minimum Gasteiger partial charge on any atom is -0.454 e. The second-order valence-corrected chi connectivity index (χ2v) is 7.25. The van der Waals surface area contributed by atoms with Gasteiger partial charge in [0.25, 0.3) is 5.91 Å². The Labute approximate surface area is 168 Å². The minimum atomic E-state index is -0.347. The summed E-state index contributed by atoms with van der Waals surface area (Å²) in [4.78, 5) is 12.3. The van der Waals surface area contributed by atoms with Crippen LogP contribution < -0.4 is 14.8 Å². The number of rotatable bonds is 4. The second kappa shape index (κ2) is 7.56. The Bertz CT molecular complexity index is 1040. The monoisotopic (exact) mass is 419 g/mol. The first-order chi connectivity index (χ1) is 13.1. The SMILES string of the molecule is O=C(Nc1ccccc1)c1nnc(/C(Cl)=C/c2cc(Cl)c3c(c2)OCO3)s1. The van der Waals surface area contributed by atoms with Crippen LogP contribution in [0.5, 0.6) is 11.5 Å². The van der Waals surface area contributed by atoms with Gasteiger partial charge in [0.05, 0.1) is 10.1 Å².